The molecule has 3 heterocycles. The average Bonchev–Trinajstić information content (AvgIpc) is 2.63. The molecule has 3 aromatic heterocycles. The summed E-state index contributed by atoms with van der Waals surface area (Å²) in [6.07, 6.45) is 3.71. The van der Waals surface area contributed by atoms with E-state index < -0.39 is 0 Å². The topological polar surface area (TPSA) is 58.0 Å². The Balaban J connectivity index is 1.51. The monoisotopic (exact) mass is 504 g/mol. The zero-order chi connectivity index (χ0) is 19.9. The van der Waals surface area contributed by atoms with Crippen LogP contribution in [0.25, 0.3) is 0 Å². The van der Waals surface area contributed by atoms with Crippen molar-refractivity contribution in [3.63, 3.8) is 0 Å². The van der Waals surface area contributed by atoms with Crippen LogP contribution in [0.5, 0.6) is 0 Å². The van der Waals surface area contributed by atoms with Crippen molar-refractivity contribution >= 4 is 31.9 Å². The molecule has 0 aliphatic heterocycles. The lowest BCUT2D eigenvalue weighted by Crippen LogP contribution is -2.20. The first kappa shape index (κ1) is 21.0. The summed E-state index contributed by atoms with van der Waals surface area (Å²) in [5, 5.41) is 0. The SMILES string of the molecule is CN(Cc1cnc(CN(C)Cc2cccc(Br)n2)cn1)Cc1cccc(Br)n1. The van der Waals surface area contributed by atoms with E-state index in [2.05, 4.69) is 75.7 Å². The molecular weight excluding hydrogens is 484 g/mol. The lowest BCUT2D eigenvalue weighted by Gasteiger charge is -2.17. The van der Waals surface area contributed by atoms with E-state index in [0.29, 0.717) is 0 Å². The van der Waals surface area contributed by atoms with Gasteiger partial charge in [0.25, 0.3) is 0 Å². The third-order valence-corrected chi connectivity index (χ3v) is 4.92. The van der Waals surface area contributed by atoms with Crippen LogP contribution in [0.3, 0.4) is 0 Å². The van der Waals surface area contributed by atoms with Gasteiger partial charge >= 0.3 is 0 Å². The first-order valence-electron chi connectivity index (χ1n) is 8.87. The second-order valence-electron chi connectivity index (χ2n) is 6.75. The molecule has 0 aromatic carbocycles. The number of rotatable bonds is 8. The van der Waals surface area contributed by atoms with Crippen LogP contribution in [-0.4, -0.2) is 43.8 Å². The lowest BCUT2D eigenvalue weighted by atomic mass is 10.3. The Labute approximate surface area is 182 Å². The highest BCUT2D eigenvalue weighted by Gasteiger charge is 2.08. The fourth-order valence-corrected chi connectivity index (χ4v) is 3.60. The number of pyridine rings is 2. The molecule has 6 nitrogen and oxygen atoms in total. The smallest absolute Gasteiger partial charge is 0.106 e. The Kier molecular flexibility index (Phi) is 7.61. The van der Waals surface area contributed by atoms with Gasteiger partial charge in [0, 0.05) is 26.2 Å². The van der Waals surface area contributed by atoms with E-state index in [9.17, 15) is 0 Å². The Bertz CT molecular complexity index is 829. The van der Waals surface area contributed by atoms with Gasteiger partial charge in [-0.25, -0.2) is 9.97 Å². The highest BCUT2D eigenvalue weighted by Crippen LogP contribution is 2.11. The summed E-state index contributed by atoms with van der Waals surface area (Å²) in [5.74, 6) is 0. The van der Waals surface area contributed by atoms with E-state index >= 15 is 0 Å². The minimum Gasteiger partial charge on any atom is -0.295 e. The first-order valence-corrected chi connectivity index (χ1v) is 10.5. The van der Waals surface area contributed by atoms with E-state index in [4.69, 9.17) is 0 Å². The van der Waals surface area contributed by atoms with Crippen molar-refractivity contribution in [2.24, 2.45) is 0 Å². The summed E-state index contributed by atoms with van der Waals surface area (Å²) in [4.78, 5) is 22.4. The van der Waals surface area contributed by atoms with Gasteiger partial charge in [-0.3, -0.25) is 19.8 Å². The van der Waals surface area contributed by atoms with Crippen LogP contribution < -0.4 is 0 Å². The van der Waals surface area contributed by atoms with Crippen molar-refractivity contribution in [3.05, 3.63) is 80.8 Å². The summed E-state index contributed by atoms with van der Waals surface area (Å²) in [6.45, 7) is 2.95. The summed E-state index contributed by atoms with van der Waals surface area (Å²) in [5.41, 5.74) is 3.92. The van der Waals surface area contributed by atoms with Crippen molar-refractivity contribution in [2.75, 3.05) is 14.1 Å². The molecule has 0 aliphatic carbocycles. The van der Waals surface area contributed by atoms with Crippen LogP contribution in [0.1, 0.15) is 22.8 Å². The molecule has 0 fully saturated rings. The fourth-order valence-electron chi connectivity index (χ4n) is 2.84. The van der Waals surface area contributed by atoms with Crippen LogP contribution in [-0.2, 0) is 26.2 Å². The molecule has 0 radical (unpaired) electrons. The second kappa shape index (κ2) is 10.2. The molecule has 3 rings (SSSR count). The summed E-state index contributed by atoms with van der Waals surface area (Å²) in [7, 11) is 4.11. The number of aromatic nitrogens is 4. The van der Waals surface area contributed by atoms with Gasteiger partial charge in [-0.2, -0.15) is 0 Å². The predicted molar refractivity (Wildman–Crippen MR) is 116 cm³/mol. The highest BCUT2D eigenvalue weighted by molar-refractivity contribution is 9.10. The minimum absolute atomic E-state index is 0.722. The number of hydrogen-bond acceptors (Lipinski definition) is 6. The van der Waals surface area contributed by atoms with Crippen molar-refractivity contribution in [1.82, 2.24) is 29.7 Å². The Morgan fingerprint density at radius 2 is 1.04 bits per heavy atom. The average molecular weight is 506 g/mol. The van der Waals surface area contributed by atoms with Gasteiger partial charge in [-0.15, -0.1) is 0 Å². The molecule has 8 heteroatoms. The molecule has 0 amide bonds. The predicted octanol–water partition coefficient (Wildman–Crippen LogP) is 4.06. The highest BCUT2D eigenvalue weighted by atomic mass is 79.9. The quantitative estimate of drug-likeness (QED) is 0.430. The molecular formula is C20H22Br2N6. The maximum absolute atomic E-state index is 4.57. The Morgan fingerprint density at radius 1 is 0.643 bits per heavy atom. The first-order chi connectivity index (χ1) is 13.5. The van der Waals surface area contributed by atoms with Crippen molar-refractivity contribution in [3.8, 4) is 0 Å². The van der Waals surface area contributed by atoms with Gasteiger partial charge in [0.1, 0.15) is 9.21 Å². The zero-order valence-corrected chi connectivity index (χ0v) is 19.1. The van der Waals surface area contributed by atoms with E-state index in [1.165, 1.54) is 0 Å². The van der Waals surface area contributed by atoms with Crippen LogP contribution >= 0.6 is 31.9 Å². The summed E-state index contributed by atoms with van der Waals surface area (Å²) < 4.78 is 1.70. The van der Waals surface area contributed by atoms with Crippen LogP contribution in [0, 0.1) is 0 Å². The summed E-state index contributed by atoms with van der Waals surface area (Å²) >= 11 is 6.82. The molecule has 0 unspecified atom stereocenters. The van der Waals surface area contributed by atoms with Crippen LogP contribution in [0.15, 0.2) is 58.0 Å². The van der Waals surface area contributed by atoms with Gasteiger partial charge in [0.15, 0.2) is 0 Å². The largest absolute Gasteiger partial charge is 0.295 e. The molecule has 0 aliphatic rings. The van der Waals surface area contributed by atoms with Gasteiger partial charge < -0.3 is 0 Å². The standard InChI is InChI=1S/C20H22Br2N6/c1-27(11-15-5-3-7-19(21)25-15)13-17-9-24-18(10-23-17)14-28(2)12-16-6-4-8-20(22)26-16/h3-10H,11-14H2,1-2H3. The molecule has 0 saturated heterocycles. The van der Waals surface area contributed by atoms with E-state index in [-0.39, 0.29) is 0 Å². The minimum atomic E-state index is 0.722. The second-order valence-corrected chi connectivity index (χ2v) is 8.37. The number of nitrogens with zero attached hydrogens (tertiary/aromatic N) is 6. The zero-order valence-electron chi connectivity index (χ0n) is 15.9. The van der Waals surface area contributed by atoms with Gasteiger partial charge in [0.2, 0.25) is 0 Å². The molecule has 0 N–H and O–H groups in total. The summed E-state index contributed by atoms with van der Waals surface area (Å²) in [6, 6.07) is 11.9. The molecule has 28 heavy (non-hydrogen) atoms. The maximum atomic E-state index is 4.57. The fraction of sp³-hybridized carbons (Fsp3) is 0.300. The van der Waals surface area contributed by atoms with Crippen LogP contribution in [0.4, 0.5) is 0 Å². The van der Waals surface area contributed by atoms with E-state index in [1.54, 1.807) is 0 Å². The molecule has 0 spiro atoms. The third-order valence-electron chi connectivity index (χ3n) is 4.03. The van der Waals surface area contributed by atoms with Crippen molar-refractivity contribution in [1.29, 1.82) is 0 Å². The van der Waals surface area contributed by atoms with Gasteiger partial charge in [0.05, 0.1) is 35.2 Å². The van der Waals surface area contributed by atoms with E-state index in [0.717, 1.165) is 58.2 Å². The molecule has 3 aromatic rings. The maximum Gasteiger partial charge on any atom is 0.106 e. The molecule has 146 valence electrons. The Hall–Kier alpha value is -1.74. The van der Waals surface area contributed by atoms with Crippen molar-refractivity contribution < 1.29 is 0 Å². The third kappa shape index (κ3) is 6.70. The van der Waals surface area contributed by atoms with Gasteiger partial charge in [-0.1, -0.05) is 12.1 Å². The molecule has 0 bridgehead atoms. The Morgan fingerprint density at radius 3 is 1.39 bits per heavy atom. The number of halogens is 2. The number of hydrogen-bond donors (Lipinski definition) is 0. The van der Waals surface area contributed by atoms with Crippen LogP contribution in [0.2, 0.25) is 0 Å². The van der Waals surface area contributed by atoms with Crippen molar-refractivity contribution in [2.45, 2.75) is 26.2 Å². The molecule has 0 atom stereocenters. The van der Waals surface area contributed by atoms with E-state index in [1.807, 2.05) is 48.8 Å². The van der Waals surface area contributed by atoms with Gasteiger partial charge in [-0.05, 0) is 70.2 Å². The molecule has 0 saturated carbocycles. The lowest BCUT2D eigenvalue weighted by molar-refractivity contribution is 0.305. The normalized spacial score (nSPS) is 11.4.